The summed E-state index contributed by atoms with van der Waals surface area (Å²) in [5.74, 6) is 2.11. The number of anilines is 1. The lowest BCUT2D eigenvalue weighted by Crippen LogP contribution is -2.55. The van der Waals surface area contributed by atoms with Gasteiger partial charge in [0.25, 0.3) is 0 Å². The number of hydrogen-bond donors (Lipinski definition) is 0. The average molecular weight is 437 g/mol. The van der Waals surface area contributed by atoms with Crippen LogP contribution in [0, 0.1) is 0 Å². The summed E-state index contributed by atoms with van der Waals surface area (Å²) in [4.78, 5) is 24.8. The topological polar surface area (TPSA) is 58.1 Å². The van der Waals surface area contributed by atoms with Crippen molar-refractivity contribution in [3.63, 3.8) is 0 Å². The maximum absolute atomic E-state index is 13.7. The van der Waals surface area contributed by atoms with Gasteiger partial charge in [0, 0.05) is 64.6 Å². The number of nitrogens with zero attached hydrogens (tertiary/aromatic N) is 4. The summed E-state index contributed by atoms with van der Waals surface area (Å²) in [6.07, 6.45) is 4.56. The molecule has 1 aromatic heterocycles. The fraction of sp³-hybridized carbons (Fsp3) is 0.520. The van der Waals surface area contributed by atoms with Crippen LogP contribution in [0.25, 0.3) is 0 Å². The summed E-state index contributed by atoms with van der Waals surface area (Å²) >= 11 is 0. The zero-order valence-corrected chi connectivity index (χ0v) is 18.5. The third-order valence-electron chi connectivity index (χ3n) is 6.86. The Kier molecular flexibility index (Phi) is 6.55. The lowest BCUT2D eigenvalue weighted by atomic mass is 10.0. The minimum atomic E-state index is -0.117. The van der Waals surface area contributed by atoms with E-state index >= 15 is 0 Å². The Morgan fingerprint density at radius 3 is 2.44 bits per heavy atom. The van der Waals surface area contributed by atoms with Gasteiger partial charge in [-0.2, -0.15) is 0 Å². The second kappa shape index (κ2) is 9.88. The van der Waals surface area contributed by atoms with Crippen molar-refractivity contribution in [1.29, 1.82) is 0 Å². The molecule has 0 N–H and O–H groups in total. The van der Waals surface area contributed by atoms with E-state index in [0.29, 0.717) is 6.04 Å². The third-order valence-corrected chi connectivity index (χ3v) is 6.86. The zero-order valence-electron chi connectivity index (χ0n) is 18.5. The zero-order chi connectivity index (χ0) is 21.8. The van der Waals surface area contributed by atoms with Gasteiger partial charge in [-0.1, -0.05) is 24.3 Å². The Morgan fingerprint density at radius 1 is 0.969 bits per heavy atom. The van der Waals surface area contributed by atoms with Gasteiger partial charge in [0.15, 0.2) is 0 Å². The normalized spacial score (nSPS) is 25.1. The number of carbonyl (C=O) groups is 1. The highest BCUT2D eigenvalue weighted by Gasteiger charge is 2.43. The average Bonchev–Trinajstić information content (AvgIpc) is 3.29. The fourth-order valence-electron chi connectivity index (χ4n) is 5.17. The summed E-state index contributed by atoms with van der Waals surface area (Å²) in [7, 11) is 0. The Bertz CT molecular complexity index is 867. The van der Waals surface area contributed by atoms with Crippen LogP contribution in [0.2, 0.25) is 0 Å². The molecule has 0 radical (unpaired) electrons. The van der Waals surface area contributed by atoms with Crippen LogP contribution in [-0.4, -0.2) is 84.8 Å². The minimum Gasteiger partial charge on any atom is -0.489 e. The fourth-order valence-corrected chi connectivity index (χ4v) is 5.17. The molecule has 0 bridgehead atoms. The third kappa shape index (κ3) is 4.74. The van der Waals surface area contributed by atoms with E-state index in [-0.39, 0.29) is 18.1 Å². The maximum Gasteiger partial charge on any atom is 0.240 e. The number of para-hydroxylation sites is 1. The van der Waals surface area contributed by atoms with Crippen molar-refractivity contribution in [2.75, 3.05) is 50.8 Å². The van der Waals surface area contributed by atoms with E-state index in [9.17, 15) is 4.79 Å². The van der Waals surface area contributed by atoms with Crippen LogP contribution >= 0.6 is 0 Å². The molecule has 1 amide bonds. The van der Waals surface area contributed by atoms with Crippen molar-refractivity contribution in [3.05, 3.63) is 54.7 Å². The van der Waals surface area contributed by atoms with Gasteiger partial charge in [0.2, 0.25) is 5.91 Å². The molecule has 7 nitrogen and oxygen atoms in total. The number of pyridine rings is 1. The van der Waals surface area contributed by atoms with Gasteiger partial charge in [-0.3, -0.25) is 9.69 Å². The summed E-state index contributed by atoms with van der Waals surface area (Å²) in [5.41, 5.74) is 0. The summed E-state index contributed by atoms with van der Waals surface area (Å²) in [6, 6.07) is 16.2. The summed E-state index contributed by atoms with van der Waals surface area (Å²) < 4.78 is 11.9. The number of aromatic nitrogens is 1. The SMILES string of the molecule is O=C([C@@H]1C[C@H](Oc2ccccc2)CN1C1CCOCC1)N1CCN(c2ccccn2)CC1. The molecule has 3 aliphatic rings. The van der Waals surface area contributed by atoms with Crippen molar-refractivity contribution in [2.24, 2.45) is 0 Å². The van der Waals surface area contributed by atoms with Crippen molar-refractivity contribution in [3.8, 4) is 5.75 Å². The molecular weight excluding hydrogens is 404 g/mol. The number of amides is 1. The van der Waals surface area contributed by atoms with Crippen LogP contribution < -0.4 is 9.64 Å². The maximum atomic E-state index is 13.7. The van der Waals surface area contributed by atoms with Crippen molar-refractivity contribution in [2.45, 2.75) is 37.5 Å². The van der Waals surface area contributed by atoms with Crippen LogP contribution in [0.4, 0.5) is 5.82 Å². The van der Waals surface area contributed by atoms with E-state index < -0.39 is 0 Å². The predicted molar refractivity (Wildman–Crippen MR) is 123 cm³/mol. The molecule has 2 atom stereocenters. The molecule has 170 valence electrons. The highest BCUT2D eigenvalue weighted by Crippen LogP contribution is 2.30. The number of likely N-dealkylation sites (tertiary alicyclic amines) is 1. The number of rotatable bonds is 5. The predicted octanol–water partition coefficient (Wildman–Crippen LogP) is 2.43. The number of hydrogen-bond acceptors (Lipinski definition) is 6. The van der Waals surface area contributed by atoms with Crippen molar-refractivity contribution >= 4 is 11.7 Å². The van der Waals surface area contributed by atoms with Crippen molar-refractivity contribution < 1.29 is 14.3 Å². The largest absolute Gasteiger partial charge is 0.489 e. The highest BCUT2D eigenvalue weighted by atomic mass is 16.5. The van der Waals surface area contributed by atoms with Crippen molar-refractivity contribution in [1.82, 2.24) is 14.8 Å². The molecule has 3 fully saturated rings. The highest BCUT2D eigenvalue weighted by molar-refractivity contribution is 5.82. The van der Waals surface area contributed by atoms with Gasteiger partial charge < -0.3 is 19.3 Å². The molecule has 0 spiro atoms. The summed E-state index contributed by atoms with van der Waals surface area (Å²) in [5, 5.41) is 0. The molecule has 0 saturated carbocycles. The molecule has 1 aromatic carbocycles. The molecular formula is C25H32N4O3. The smallest absolute Gasteiger partial charge is 0.240 e. The molecule has 5 rings (SSSR count). The van der Waals surface area contributed by atoms with E-state index in [1.807, 2.05) is 59.6 Å². The first-order chi connectivity index (χ1) is 15.8. The molecule has 4 heterocycles. The van der Waals surface area contributed by atoms with E-state index in [2.05, 4.69) is 14.8 Å². The molecule has 3 saturated heterocycles. The Balaban J connectivity index is 1.25. The second-order valence-electron chi connectivity index (χ2n) is 8.85. The quantitative estimate of drug-likeness (QED) is 0.718. The number of ether oxygens (including phenoxy) is 2. The van der Waals surface area contributed by atoms with Crippen LogP contribution in [0.1, 0.15) is 19.3 Å². The van der Waals surface area contributed by atoms with Crippen LogP contribution in [0.3, 0.4) is 0 Å². The Hall–Kier alpha value is -2.64. The van der Waals surface area contributed by atoms with E-state index in [0.717, 1.165) is 76.8 Å². The van der Waals surface area contributed by atoms with Gasteiger partial charge in [-0.05, 0) is 37.1 Å². The van der Waals surface area contributed by atoms with Gasteiger partial charge >= 0.3 is 0 Å². The molecule has 2 aromatic rings. The minimum absolute atomic E-state index is 0.0315. The number of benzene rings is 1. The number of carbonyl (C=O) groups excluding carboxylic acids is 1. The lowest BCUT2D eigenvalue weighted by molar-refractivity contribution is -0.137. The molecule has 7 heteroatoms. The first-order valence-corrected chi connectivity index (χ1v) is 11.8. The first-order valence-electron chi connectivity index (χ1n) is 11.8. The van der Waals surface area contributed by atoms with E-state index in [1.54, 1.807) is 0 Å². The number of piperazine rings is 1. The monoisotopic (exact) mass is 436 g/mol. The van der Waals surface area contributed by atoms with E-state index in [4.69, 9.17) is 9.47 Å². The van der Waals surface area contributed by atoms with Crippen LogP contribution in [0.15, 0.2) is 54.7 Å². The standard InChI is InChI=1S/C25H32N4O3/c30-25(28-14-12-27(13-15-28)24-8-4-5-11-26-24)23-18-22(32-21-6-2-1-3-7-21)19-29(23)20-9-16-31-17-10-20/h1-8,11,20,22-23H,9-10,12-19H2/t22-,23-/m0/s1. The molecule has 0 unspecified atom stereocenters. The van der Waals surface area contributed by atoms with Crippen LogP contribution in [-0.2, 0) is 9.53 Å². The van der Waals surface area contributed by atoms with Gasteiger partial charge in [-0.25, -0.2) is 4.98 Å². The summed E-state index contributed by atoms with van der Waals surface area (Å²) in [6.45, 7) is 5.44. The molecule has 3 aliphatic heterocycles. The lowest BCUT2D eigenvalue weighted by Gasteiger charge is -2.40. The Morgan fingerprint density at radius 2 is 1.72 bits per heavy atom. The second-order valence-corrected chi connectivity index (χ2v) is 8.85. The van der Waals surface area contributed by atoms with E-state index in [1.165, 1.54) is 0 Å². The van der Waals surface area contributed by atoms with Gasteiger partial charge in [-0.15, -0.1) is 0 Å². The van der Waals surface area contributed by atoms with Gasteiger partial charge in [0.05, 0.1) is 6.04 Å². The Labute approximate surface area is 189 Å². The first kappa shape index (κ1) is 21.2. The van der Waals surface area contributed by atoms with Gasteiger partial charge in [0.1, 0.15) is 17.7 Å². The van der Waals surface area contributed by atoms with Crippen LogP contribution in [0.5, 0.6) is 5.75 Å². The molecule has 0 aliphatic carbocycles. The molecule has 32 heavy (non-hydrogen) atoms.